The number of para-hydroxylation sites is 1. The van der Waals surface area contributed by atoms with E-state index in [9.17, 15) is 0 Å². The number of hydrogen-bond donors (Lipinski definition) is 1. The minimum Gasteiger partial charge on any atom is -0.308 e. The van der Waals surface area contributed by atoms with Gasteiger partial charge in [0.2, 0.25) is 0 Å². The number of hydrogen-bond acceptors (Lipinski definition) is 4. The average molecular weight is 265 g/mol. The largest absolute Gasteiger partial charge is 0.308 e. The van der Waals surface area contributed by atoms with Gasteiger partial charge in [0.25, 0.3) is 0 Å². The smallest absolute Gasteiger partial charge is 0.0959 e. The maximum atomic E-state index is 4.48. The molecule has 1 fully saturated rings. The Balaban J connectivity index is 1.76. The highest BCUT2D eigenvalue weighted by molar-refractivity contribution is 5.86. The SMILES string of the molecule is c1cnc2c(-n3nncc3CNC3CC3)cccc2c1. The Morgan fingerprint density at radius 2 is 2.10 bits per heavy atom. The van der Waals surface area contributed by atoms with E-state index in [0.717, 1.165) is 28.8 Å². The Bertz CT molecular complexity index is 739. The van der Waals surface area contributed by atoms with Crippen molar-refractivity contribution in [1.29, 1.82) is 0 Å². The lowest BCUT2D eigenvalue weighted by Gasteiger charge is -2.09. The monoisotopic (exact) mass is 265 g/mol. The van der Waals surface area contributed by atoms with Crippen molar-refractivity contribution in [1.82, 2.24) is 25.3 Å². The van der Waals surface area contributed by atoms with Crippen LogP contribution in [0.2, 0.25) is 0 Å². The van der Waals surface area contributed by atoms with Gasteiger partial charge in [0, 0.05) is 24.2 Å². The Labute approximate surface area is 116 Å². The second kappa shape index (κ2) is 4.68. The summed E-state index contributed by atoms with van der Waals surface area (Å²) in [7, 11) is 0. The topological polar surface area (TPSA) is 55.6 Å². The van der Waals surface area contributed by atoms with Crippen molar-refractivity contribution in [3.8, 4) is 5.69 Å². The average Bonchev–Trinajstić information content (AvgIpc) is 3.21. The fourth-order valence-electron chi connectivity index (χ4n) is 2.38. The van der Waals surface area contributed by atoms with Gasteiger partial charge in [-0.1, -0.05) is 23.4 Å². The molecule has 0 unspecified atom stereocenters. The normalized spacial score (nSPS) is 14.8. The zero-order chi connectivity index (χ0) is 13.4. The van der Waals surface area contributed by atoms with Crippen LogP contribution in [0.3, 0.4) is 0 Å². The van der Waals surface area contributed by atoms with Crippen LogP contribution in [-0.2, 0) is 6.54 Å². The molecule has 0 aliphatic heterocycles. The molecule has 20 heavy (non-hydrogen) atoms. The van der Waals surface area contributed by atoms with Crippen molar-refractivity contribution in [3.63, 3.8) is 0 Å². The lowest BCUT2D eigenvalue weighted by atomic mass is 10.2. The zero-order valence-corrected chi connectivity index (χ0v) is 11.0. The molecule has 1 saturated carbocycles. The van der Waals surface area contributed by atoms with Crippen molar-refractivity contribution in [3.05, 3.63) is 48.4 Å². The summed E-state index contributed by atoms with van der Waals surface area (Å²) in [4.78, 5) is 4.48. The van der Waals surface area contributed by atoms with E-state index in [2.05, 4.69) is 32.7 Å². The second-order valence-electron chi connectivity index (χ2n) is 5.14. The third-order valence-electron chi connectivity index (χ3n) is 3.61. The Kier molecular flexibility index (Phi) is 2.70. The first kappa shape index (κ1) is 11.5. The molecule has 3 aromatic rings. The van der Waals surface area contributed by atoms with Gasteiger partial charge in [-0.05, 0) is 25.0 Å². The molecule has 0 bridgehead atoms. The molecule has 1 aliphatic carbocycles. The molecule has 0 saturated heterocycles. The maximum absolute atomic E-state index is 4.48. The van der Waals surface area contributed by atoms with Gasteiger partial charge in [-0.15, -0.1) is 5.10 Å². The van der Waals surface area contributed by atoms with Gasteiger partial charge in [0.15, 0.2) is 0 Å². The molecule has 0 radical (unpaired) electrons. The summed E-state index contributed by atoms with van der Waals surface area (Å²) in [5, 5.41) is 12.9. The molecule has 0 amide bonds. The van der Waals surface area contributed by atoms with Crippen molar-refractivity contribution < 1.29 is 0 Å². The maximum Gasteiger partial charge on any atom is 0.0959 e. The first-order valence-corrected chi connectivity index (χ1v) is 6.89. The lowest BCUT2D eigenvalue weighted by Crippen LogP contribution is -2.18. The molecule has 2 aromatic heterocycles. The summed E-state index contributed by atoms with van der Waals surface area (Å²) < 4.78 is 1.88. The molecule has 1 N–H and O–H groups in total. The van der Waals surface area contributed by atoms with Gasteiger partial charge < -0.3 is 5.32 Å². The van der Waals surface area contributed by atoms with E-state index < -0.39 is 0 Å². The molecule has 100 valence electrons. The first-order valence-electron chi connectivity index (χ1n) is 6.89. The fourth-order valence-corrected chi connectivity index (χ4v) is 2.38. The molecule has 5 heteroatoms. The summed E-state index contributed by atoms with van der Waals surface area (Å²) in [6.45, 7) is 0.793. The van der Waals surface area contributed by atoms with Crippen LogP contribution in [0.1, 0.15) is 18.5 Å². The molecular weight excluding hydrogens is 250 g/mol. The van der Waals surface area contributed by atoms with E-state index in [0.29, 0.717) is 6.04 Å². The van der Waals surface area contributed by atoms with Gasteiger partial charge in [-0.25, -0.2) is 4.68 Å². The fraction of sp³-hybridized carbons (Fsp3) is 0.267. The van der Waals surface area contributed by atoms with Gasteiger partial charge >= 0.3 is 0 Å². The van der Waals surface area contributed by atoms with Crippen molar-refractivity contribution in [2.24, 2.45) is 0 Å². The van der Waals surface area contributed by atoms with Gasteiger partial charge in [-0.3, -0.25) is 4.98 Å². The van der Waals surface area contributed by atoms with Crippen LogP contribution >= 0.6 is 0 Å². The summed E-state index contributed by atoms with van der Waals surface area (Å²) in [5.74, 6) is 0. The minimum absolute atomic E-state index is 0.670. The van der Waals surface area contributed by atoms with Crippen LogP contribution in [0, 0.1) is 0 Å². The third kappa shape index (κ3) is 2.06. The van der Waals surface area contributed by atoms with Crippen LogP contribution in [0.25, 0.3) is 16.6 Å². The highest BCUT2D eigenvalue weighted by atomic mass is 15.4. The third-order valence-corrected chi connectivity index (χ3v) is 3.61. The summed E-state index contributed by atoms with van der Waals surface area (Å²) in [6, 6.07) is 10.8. The zero-order valence-electron chi connectivity index (χ0n) is 11.0. The summed E-state index contributed by atoms with van der Waals surface area (Å²) in [6.07, 6.45) is 6.18. The number of benzene rings is 1. The van der Waals surface area contributed by atoms with E-state index in [1.54, 1.807) is 0 Å². The predicted octanol–water partition coefficient (Wildman–Crippen LogP) is 2.07. The minimum atomic E-state index is 0.670. The van der Waals surface area contributed by atoms with Crippen molar-refractivity contribution in [2.45, 2.75) is 25.4 Å². The lowest BCUT2D eigenvalue weighted by molar-refractivity contribution is 0.647. The number of rotatable bonds is 4. The van der Waals surface area contributed by atoms with Crippen molar-refractivity contribution >= 4 is 10.9 Å². The standard InChI is InChI=1S/C15H15N5/c1-3-11-4-2-8-16-15(11)14(5-1)20-13(10-18-19-20)9-17-12-6-7-12/h1-5,8,10,12,17H,6-7,9H2. The van der Waals surface area contributed by atoms with Gasteiger partial charge in [-0.2, -0.15) is 0 Å². The molecule has 0 atom stereocenters. The molecule has 5 nitrogen and oxygen atoms in total. The van der Waals surface area contributed by atoms with Gasteiger partial charge in [0.05, 0.1) is 23.1 Å². The van der Waals surface area contributed by atoms with Crippen LogP contribution in [0.5, 0.6) is 0 Å². The van der Waals surface area contributed by atoms with Crippen molar-refractivity contribution in [2.75, 3.05) is 0 Å². The molecular formula is C15H15N5. The first-order chi connectivity index (χ1) is 9.92. The van der Waals surface area contributed by atoms with Crippen LogP contribution in [-0.4, -0.2) is 26.0 Å². The quantitative estimate of drug-likeness (QED) is 0.784. The molecule has 2 heterocycles. The van der Waals surface area contributed by atoms with Crippen LogP contribution in [0.4, 0.5) is 0 Å². The van der Waals surface area contributed by atoms with Crippen LogP contribution in [0.15, 0.2) is 42.7 Å². The number of nitrogens with zero attached hydrogens (tertiary/aromatic N) is 4. The van der Waals surface area contributed by atoms with E-state index in [1.807, 2.05) is 35.3 Å². The molecule has 0 spiro atoms. The van der Waals surface area contributed by atoms with E-state index in [-0.39, 0.29) is 0 Å². The van der Waals surface area contributed by atoms with E-state index >= 15 is 0 Å². The Morgan fingerprint density at radius 1 is 1.20 bits per heavy atom. The Hall–Kier alpha value is -2.27. The Morgan fingerprint density at radius 3 is 3.00 bits per heavy atom. The summed E-state index contributed by atoms with van der Waals surface area (Å²) >= 11 is 0. The van der Waals surface area contributed by atoms with Gasteiger partial charge in [0.1, 0.15) is 0 Å². The number of nitrogens with one attached hydrogen (secondary N) is 1. The predicted molar refractivity (Wildman–Crippen MR) is 76.5 cm³/mol. The van der Waals surface area contributed by atoms with Crippen LogP contribution < -0.4 is 5.32 Å². The number of fused-ring (bicyclic) bond motifs is 1. The molecule has 1 aromatic carbocycles. The number of pyridine rings is 1. The molecule has 4 rings (SSSR count). The number of aromatic nitrogens is 4. The van der Waals surface area contributed by atoms with E-state index in [1.165, 1.54) is 12.8 Å². The highest BCUT2D eigenvalue weighted by Crippen LogP contribution is 2.22. The molecule has 1 aliphatic rings. The second-order valence-corrected chi connectivity index (χ2v) is 5.14. The van der Waals surface area contributed by atoms with E-state index in [4.69, 9.17) is 0 Å². The summed E-state index contributed by atoms with van der Waals surface area (Å²) in [5.41, 5.74) is 3.00. The highest BCUT2D eigenvalue weighted by Gasteiger charge is 2.21.